The van der Waals surface area contributed by atoms with Crippen molar-refractivity contribution < 1.29 is 13.2 Å². The zero-order valence-electron chi connectivity index (χ0n) is 14.2. The van der Waals surface area contributed by atoms with Crippen molar-refractivity contribution in [2.45, 2.75) is 31.2 Å². The molecule has 3 N–H and O–H groups in total. The number of amides is 2. The Morgan fingerprint density at radius 2 is 1.75 bits per heavy atom. The lowest BCUT2D eigenvalue weighted by molar-refractivity contribution is 0.119. The third kappa shape index (κ3) is 5.19. The molecule has 2 rings (SSSR count). The molecule has 0 radical (unpaired) electrons. The van der Waals surface area contributed by atoms with E-state index < -0.39 is 10.0 Å². The van der Waals surface area contributed by atoms with E-state index in [-0.39, 0.29) is 10.9 Å². The molecule has 1 heterocycles. The topological polar surface area (TPSA) is 95.7 Å². The molecule has 7 nitrogen and oxygen atoms in total. The average Bonchev–Trinajstić information content (AvgIpc) is 2.54. The van der Waals surface area contributed by atoms with Gasteiger partial charge in [-0.2, -0.15) is 0 Å². The van der Waals surface area contributed by atoms with E-state index in [0.717, 1.165) is 31.7 Å². The second kappa shape index (κ2) is 7.96. The van der Waals surface area contributed by atoms with Gasteiger partial charge in [-0.25, -0.2) is 18.4 Å². The number of piperazine rings is 1. The Balaban J connectivity index is 1.75. The van der Waals surface area contributed by atoms with Crippen LogP contribution in [-0.4, -0.2) is 63.0 Å². The number of nitrogens with one attached hydrogen (secondary N) is 1. The maximum atomic E-state index is 12.2. The minimum atomic E-state index is -3.66. The van der Waals surface area contributed by atoms with E-state index in [1.807, 2.05) is 4.90 Å². The van der Waals surface area contributed by atoms with Gasteiger partial charge in [0, 0.05) is 38.8 Å². The van der Waals surface area contributed by atoms with Crippen molar-refractivity contribution >= 4 is 16.1 Å². The van der Waals surface area contributed by atoms with Gasteiger partial charge in [-0.15, -0.1) is 0 Å². The Morgan fingerprint density at radius 1 is 1.17 bits per heavy atom. The minimum absolute atomic E-state index is 0.0421. The molecule has 1 aliphatic rings. The molecule has 1 aromatic carbocycles. The molecule has 134 valence electrons. The van der Waals surface area contributed by atoms with E-state index >= 15 is 0 Å². The van der Waals surface area contributed by atoms with Gasteiger partial charge >= 0.3 is 6.03 Å². The number of hydrogen-bond donors (Lipinski definition) is 2. The fourth-order valence-corrected chi connectivity index (χ4v) is 3.23. The number of sulfonamides is 1. The summed E-state index contributed by atoms with van der Waals surface area (Å²) < 4.78 is 22.4. The first-order valence-electron chi connectivity index (χ1n) is 8.16. The number of benzene rings is 1. The second-order valence-corrected chi connectivity index (χ2v) is 7.85. The fraction of sp³-hybridized carbons (Fsp3) is 0.562. The smallest absolute Gasteiger partial charge is 0.317 e. The Kier molecular flexibility index (Phi) is 6.20. The Hall–Kier alpha value is -1.64. The number of hydrogen-bond acceptors (Lipinski definition) is 4. The van der Waals surface area contributed by atoms with Crippen molar-refractivity contribution in [2.24, 2.45) is 5.14 Å². The number of carbonyl (C=O) groups excluding carboxylic acids is 1. The highest BCUT2D eigenvalue weighted by Crippen LogP contribution is 2.09. The second-order valence-electron chi connectivity index (χ2n) is 6.29. The lowest BCUT2D eigenvalue weighted by atomic mass is 10.1. The molecular formula is C16H26N4O3S. The molecule has 0 bridgehead atoms. The van der Waals surface area contributed by atoms with Crippen LogP contribution in [0.2, 0.25) is 0 Å². The largest absolute Gasteiger partial charge is 0.338 e. The molecule has 2 amide bonds. The normalized spacial score (nSPS) is 16.4. The number of nitrogens with two attached hydrogens (primary N) is 1. The highest BCUT2D eigenvalue weighted by Gasteiger charge is 2.21. The van der Waals surface area contributed by atoms with Crippen molar-refractivity contribution in [3.63, 3.8) is 0 Å². The Labute approximate surface area is 143 Å². The quantitative estimate of drug-likeness (QED) is 0.810. The van der Waals surface area contributed by atoms with Gasteiger partial charge in [-0.1, -0.05) is 12.1 Å². The van der Waals surface area contributed by atoms with Crippen molar-refractivity contribution in [1.82, 2.24) is 15.1 Å². The third-order valence-corrected chi connectivity index (χ3v) is 5.20. The lowest BCUT2D eigenvalue weighted by Gasteiger charge is -2.36. The molecular weight excluding hydrogens is 328 g/mol. The van der Waals surface area contributed by atoms with Gasteiger partial charge in [0.15, 0.2) is 0 Å². The summed E-state index contributed by atoms with van der Waals surface area (Å²) in [7, 11) is -3.66. The third-order valence-electron chi connectivity index (χ3n) is 4.27. The summed E-state index contributed by atoms with van der Waals surface area (Å²) in [5.74, 6) is 0. The first-order valence-corrected chi connectivity index (χ1v) is 9.70. The van der Waals surface area contributed by atoms with Crippen LogP contribution < -0.4 is 10.5 Å². The monoisotopic (exact) mass is 354 g/mol. The fourth-order valence-electron chi connectivity index (χ4n) is 2.71. The number of carbonyl (C=O) groups is 1. The molecule has 0 aliphatic carbocycles. The highest BCUT2D eigenvalue weighted by atomic mass is 32.2. The van der Waals surface area contributed by atoms with Gasteiger partial charge in [0.05, 0.1) is 4.90 Å². The average molecular weight is 354 g/mol. The minimum Gasteiger partial charge on any atom is -0.338 e. The molecule has 24 heavy (non-hydrogen) atoms. The van der Waals surface area contributed by atoms with Crippen molar-refractivity contribution in [1.29, 1.82) is 0 Å². The zero-order valence-corrected chi connectivity index (χ0v) is 15.1. The number of urea groups is 1. The summed E-state index contributed by atoms with van der Waals surface area (Å²) in [6, 6.07) is 6.87. The Morgan fingerprint density at radius 3 is 2.25 bits per heavy atom. The van der Waals surface area contributed by atoms with E-state index in [1.54, 1.807) is 12.1 Å². The summed E-state index contributed by atoms with van der Waals surface area (Å²) in [6.07, 6.45) is 0.641. The molecule has 1 saturated heterocycles. The van der Waals surface area contributed by atoms with Crippen molar-refractivity contribution in [3.8, 4) is 0 Å². The van der Waals surface area contributed by atoms with Crippen LogP contribution in [0.4, 0.5) is 4.79 Å². The molecule has 1 fully saturated rings. The number of nitrogens with zero attached hydrogens (tertiary/aromatic N) is 2. The molecule has 0 saturated carbocycles. The van der Waals surface area contributed by atoms with Crippen LogP contribution in [-0.2, 0) is 16.4 Å². The van der Waals surface area contributed by atoms with Crippen molar-refractivity contribution in [3.05, 3.63) is 29.8 Å². The van der Waals surface area contributed by atoms with E-state index in [0.29, 0.717) is 19.0 Å². The predicted octanol–water partition coefficient (Wildman–Crippen LogP) is 0.612. The standard InChI is InChI=1S/C16H26N4O3S/c1-13(2)19-9-11-20(12-10-19)16(21)18-8-7-14-3-5-15(6-4-14)24(17,22)23/h3-6,13H,7-12H2,1-2H3,(H,18,21)(H2,17,22,23). The van der Waals surface area contributed by atoms with Gasteiger partial charge in [0.1, 0.15) is 0 Å². The van der Waals surface area contributed by atoms with E-state index in [1.165, 1.54) is 12.1 Å². The van der Waals surface area contributed by atoms with E-state index in [9.17, 15) is 13.2 Å². The number of rotatable bonds is 5. The molecule has 1 aromatic rings. The van der Waals surface area contributed by atoms with Gasteiger partial charge < -0.3 is 10.2 Å². The van der Waals surface area contributed by atoms with Gasteiger partial charge in [0.2, 0.25) is 10.0 Å². The maximum absolute atomic E-state index is 12.2. The predicted molar refractivity (Wildman–Crippen MR) is 93.2 cm³/mol. The van der Waals surface area contributed by atoms with Crippen LogP contribution in [0.3, 0.4) is 0 Å². The molecule has 0 unspecified atom stereocenters. The van der Waals surface area contributed by atoms with Crippen LogP contribution in [0.1, 0.15) is 19.4 Å². The number of primary sulfonamides is 1. The van der Waals surface area contributed by atoms with Gasteiger partial charge in [-0.05, 0) is 38.0 Å². The summed E-state index contributed by atoms with van der Waals surface area (Å²) in [6.45, 7) is 8.13. The van der Waals surface area contributed by atoms with E-state index in [4.69, 9.17) is 5.14 Å². The molecule has 0 aromatic heterocycles. The SMILES string of the molecule is CC(C)N1CCN(C(=O)NCCc2ccc(S(N)(=O)=O)cc2)CC1. The summed E-state index contributed by atoms with van der Waals surface area (Å²) in [5.41, 5.74) is 0.951. The molecule has 8 heteroatoms. The summed E-state index contributed by atoms with van der Waals surface area (Å²) in [5, 5.41) is 7.98. The zero-order chi connectivity index (χ0) is 17.7. The van der Waals surface area contributed by atoms with Crippen LogP contribution in [0.25, 0.3) is 0 Å². The maximum Gasteiger partial charge on any atom is 0.317 e. The van der Waals surface area contributed by atoms with E-state index in [2.05, 4.69) is 24.1 Å². The van der Waals surface area contributed by atoms with Crippen LogP contribution >= 0.6 is 0 Å². The molecule has 1 aliphatic heterocycles. The van der Waals surface area contributed by atoms with Crippen LogP contribution in [0.5, 0.6) is 0 Å². The first-order chi connectivity index (χ1) is 11.3. The van der Waals surface area contributed by atoms with Gasteiger partial charge in [0.25, 0.3) is 0 Å². The van der Waals surface area contributed by atoms with Crippen LogP contribution in [0, 0.1) is 0 Å². The first kappa shape index (κ1) is 18.7. The highest BCUT2D eigenvalue weighted by molar-refractivity contribution is 7.89. The van der Waals surface area contributed by atoms with Gasteiger partial charge in [-0.3, -0.25) is 4.90 Å². The summed E-state index contributed by atoms with van der Waals surface area (Å²) >= 11 is 0. The lowest BCUT2D eigenvalue weighted by Crippen LogP contribution is -2.53. The molecule has 0 atom stereocenters. The van der Waals surface area contributed by atoms with Crippen molar-refractivity contribution in [2.75, 3.05) is 32.7 Å². The summed E-state index contributed by atoms with van der Waals surface area (Å²) in [4.78, 5) is 16.4. The van der Waals surface area contributed by atoms with Crippen LogP contribution in [0.15, 0.2) is 29.2 Å². The molecule has 0 spiro atoms. The Bertz CT molecular complexity index is 650.